The summed E-state index contributed by atoms with van der Waals surface area (Å²) >= 11 is 0. The van der Waals surface area contributed by atoms with Gasteiger partial charge in [0, 0.05) is 6.20 Å². The smallest absolute Gasteiger partial charge is 0.377 e. The number of fused-ring (bicyclic) bond motifs is 1. The van der Waals surface area contributed by atoms with Crippen molar-refractivity contribution in [3.05, 3.63) is 36.2 Å². The van der Waals surface area contributed by atoms with Gasteiger partial charge in [-0.1, -0.05) is 0 Å². The number of hydrogen-bond donors (Lipinski definition) is 2. The lowest BCUT2D eigenvalue weighted by Gasteiger charge is -2.02. The third kappa shape index (κ3) is 1.64. The summed E-state index contributed by atoms with van der Waals surface area (Å²) in [4.78, 5) is 29.9. The largest absolute Gasteiger partial charge is 0.475 e. The molecule has 0 aliphatic heterocycles. The molecule has 3 rings (SSSR count). The number of halogens is 1. The lowest BCUT2D eigenvalue weighted by Crippen LogP contribution is -2.12. The molecule has 0 saturated heterocycles. The van der Waals surface area contributed by atoms with Crippen LogP contribution in [-0.4, -0.2) is 41.8 Å². The van der Waals surface area contributed by atoms with Crippen molar-refractivity contribution in [2.45, 2.75) is 0 Å². The molecule has 3 aromatic heterocycles. The van der Waals surface area contributed by atoms with Crippen LogP contribution in [0.15, 0.2) is 24.8 Å². The van der Waals surface area contributed by atoms with Crippen molar-refractivity contribution < 1.29 is 19.1 Å². The number of carboxylic acids is 1. The molecule has 0 fully saturated rings. The van der Waals surface area contributed by atoms with Gasteiger partial charge in [-0.05, 0) is 0 Å². The number of pyridine rings is 1. The molecule has 0 aromatic carbocycles. The van der Waals surface area contributed by atoms with Crippen LogP contribution < -0.4 is 0 Å². The SMILES string of the molecule is O=C(O)C(=O)c1c[nH]c2c(-n3nccn3)ncc(F)c12. The van der Waals surface area contributed by atoms with Gasteiger partial charge in [-0.15, -0.1) is 4.80 Å². The van der Waals surface area contributed by atoms with Gasteiger partial charge in [0.15, 0.2) is 11.6 Å². The zero-order chi connectivity index (χ0) is 14.3. The fourth-order valence-corrected chi connectivity index (χ4v) is 1.87. The van der Waals surface area contributed by atoms with Gasteiger partial charge < -0.3 is 10.1 Å². The van der Waals surface area contributed by atoms with Crippen LogP contribution in [-0.2, 0) is 4.79 Å². The number of aromatic amines is 1. The highest BCUT2D eigenvalue weighted by Crippen LogP contribution is 2.25. The average Bonchev–Trinajstić information content (AvgIpc) is 3.07. The Hall–Kier alpha value is -3.10. The summed E-state index contributed by atoms with van der Waals surface area (Å²) in [5.74, 6) is -3.51. The topological polar surface area (TPSA) is 114 Å². The first-order valence-corrected chi connectivity index (χ1v) is 5.39. The van der Waals surface area contributed by atoms with Crippen LogP contribution in [0.25, 0.3) is 16.7 Å². The zero-order valence-corrected chi connectivity index (χ0v) is 9.74. The number of nitrogens with one attached hydrogen (secondary N) is 1. The standard InChI is InChI=1S/C11H6FN5O3/c12-6-4-14-10(17-15-1-2-16-17)8-7(6)5(3-13-8)9(18)11(19)20/h1-4,13H,(H,19,20). The number of aliphatic carboxylic acids is 1. The van der Waals surface area contributed by atoms with Crippen molar-refractivity contribution in [2.24, 2.45) is 0 Å². The maximum absolute atomic E-state index is 13.8. The zero-order valence-electron chi connectivity index (χ0n) is 9.74. The summed E-state index contributed by atoms with van der Waals surface area (Å²) in [5.41, 5.74) is -0.133. The molecule has 3 heterocycles. The fourth-order valence-electron chi connectivity index (χ4n) is 1.87. The highest BCUT2D eigenvalue weighted by atomic mass is 19.1. The van der Waals surface area contributed by atoms with Crippen LogP contribution in [0, 0.1) is 5.82 Å². The minimum Gasteiger partial charge on any atom is -0.475 e. The van der Waals surface area contributed by atoms with E-state index in [0.29, 0.717) is 0 Å². The van der Waals surface area contributed by atoms with Crippen molar-refractivity contribution in [2.75, 3.05) is 0 Å². The van der Waals surface area contributed by atoms with Gasteiger partial charge >= 0.3 is 5.97 Å². The summed E-state index contributed by atoms with van der Waals surface area (Å²) in [5, 5.41) is 16.3. The highest BCUT2D eigenvalue weighted by molar-refractivity contribution is 6.42. The number of aromatic nitrogens is 5. The number of H-pyrrole nitrogens is 1. The molecule has 0 unspecified atom stereocenters. The van der Waals surface area contributed by atoms with E-state index in [1.165, 1.54) is 12.4 Å². The summed E-state index contributed by atoms with van der Waals surface area (Å²) < 4.78 is 13.8. The molecular weight excluding hydrogens is 269 g/mol. The summed E-state index contributed by atoms with van der Waals surface area (Å²) in [6, 6.07) is 0. The number of nitrogens with zero attached hydrogens (tertiary/aromatic N) is 4. The van der Waals surface area contributed by atoms with Crippen LogP contribution in [0.5, 0.6) is 0 Å². The minimum absolute atomic E-state index is 0.144. The maximum Gasteiger partial charge on any atom is 0.377 e. The Morgan fingerprint density at radius 2 is 2.00 bits per heavy atom. The van der Waals surface area contributed by atoms with Gasteiger partial charge in [-0.3, -0.25) is 4.79 Å². The van der Waals surface area contributed by atoms with E-state index in [0.717, 1.165) is 17.2 Å². The first-order valence-electron chi connectivity index (χ1n) is 5.39. The van der Waals surface area contributed by atoms with E-state index in [1.54, 1.807) is 0 Å². The molecule has 0 aliphatic carbocycles. The van der Waals surface area contributed by atoms with E-state index in [2.05, 4.69) is 20.2 Å². The minimum atomic E-state index is -1.67. The Morgan fingerprint density at radius 1 is 1.30 bits per heavy atom. The molecule has 100 valence electrons. The van der Waals surface area contributed by atoms with E-state index in [-0.39, 0.29) is 22.3 Å². The van der Waals surface area contributed by atoms with Crippen LogP contribution in [0.1, 0.15) is 10.4 Å². The van der Waals surface area contributed by atoms with Gasteiger partial charge in [0.1, 0.15) is 0 Å². The molecule has 8 nitrogen and oxygen atoms in total. The van der Waals surface area contributed by atoms with Crippen molar-refractivity contribution in [1.29, 1.82) is 0 Å². The van der Waals surface area contributed by atoms with Crippen LogP contribution in [0.4, 0.5) is 4.39 Å². The van der Waals surface area contributed by atoms with Gasteiger partial charge in [-0.25, -0.2) is 14.2 Å². The van der Waals surface area contributed by atoms with E-state index in [9.17, 15) is 14.0 Å². The van der Waals surface area contributed by atoms with Crippen LogP contribution in [0.2, 0.25) is 0 Å². The molecule has 0 atom stereocenters. The lowest BCUT2D eigenvalue weighted by atomic mass is 10.1. The maximum atomic E-state index is 13.8. The summed E-state index contributed by atoms with van der Waals surface area (Å²) in [7, 11) is 0. The molecule has 0 aliphatic rings. The average molecular weight is 275 g/mol. The Kier molecular flexibility index (Phi) is 2.53. The second-order valence-electron chi connectivity index (χ2n) is 3.83. The Morgan fingerprint density at radius 3 is 2.65 bits per heavy atom. The molecule has 20 heavy (non-hydrogen) atoms. The second kappa shape index (κ2) is 4.23. The Balaban J connectivity index is 2.31. The second-order valence-corrected chi connectivity index (χ2v) is 3.83. The van der Waals surface area contributed by atoms with E-state index in [1.807, 2.05) is 0 Å². The van der Waals surface area contributed by atoms with Crippen molar-refractivity contribution >= 4 is 22.7 Å². The molecule has 0 bridgehead atoms. The molecule has 2 N–H and O–H groups in total. The third-order valence-electron chi connectivity index (χ3n) is 2.69. The first-order chi connectivity index (χ1) is 9.59. The molecule has 9 heteroatoms. The van der Waals surface area contributed by atoms with Crippen molar-refractivity contribution in [1.82, 2.24) is 25.0 Å². The first kappa shape index (κ1) is 12.0. The predicted octanol–water partition coefficient (Wildman–Crippen LogP) is 0.550. The lowest BCUT2D eigenvalue weighted by molar-refractivity contribution is -0.131. The van der Waals surface area contributed by atoms with Crippen molar-refractivity contribution in [3.8, 4) is 5.82 Å². The van der Waals surface area contributed by atoms with Crippen LogP contribution >= 0.6 is 0 Å². The molecular formula is C11H6FN5O3. The quantitative estimate of drug-likeness (QED) is 0.533. The number of carboxylic acid groups (broad SMARTS) is 1. The third-order valence-corrected chi connectivity index (χ3v) is 2.69. The predicted molar refractivity (Wildman–Crippen MR) is 62.9 cm³/mol. The Bertz CT molecular complexity index is 824. The number of rotatable bonds is 3. The van der Waals surface area contributed by atoms with Crippen LogP contribution in [0.3, 0.4) is 0 Å². The fraction of sp³-hybridized carbons (Fsp3) is 0. The van der Waals surface area contributed by atoms with Crippen molar-refractivity contribution in [3.63, 3.8) is 0 Å². The highest BCUT2D eigenvalue weighted by Gasteiger charge is 2.23. The number of ketones is 1. The number of Topliss-reactive ketones (excluding diaryl/α,β-unsaturated/α-hetero) is 1. The Labute approximate surface area is 109 Å². The monoisotopic (exact) mass is 275 g/mol. The van der Waals surface area contributed by atoms with E-state index < -0.39 is 17.6 Å². The summed E-state index contributed by atoms with van der Waals surface area (Å²) in [6.07, 6.45) is 4.82. The van der Waals surface area contributed by atoms with Gasteiger partial charge in [-0.2, -0.15) is 10.2 Å². The van der Waals surface area contributed by atoms with E-state index >= 15 is 0 Å². The van der Waals surface area contributed by atoms with Gasteiger partial charge in [0.2, 0.25) is 0 Å². The molecule has 0 radical (unpaired) electrons. The normalized spacial score (nSPS) is 10.8. The molecule has 0 spiro atoms. The van der Waals surface area contributed by atoms with Gasteiger partial charge in [0.25, 0.3) is 5.78 Å². The molecule has 3 aromatic rings. The molecule has 0 amide bonds. The number of carbonyl (C=O) groups excluding carboxylic acids is 1. The van der Waals surface area contributed by atoms with E-state index in [4.69, 9.17) is 5.11 Å². The van der Waals surface area contributed by atoms with Gasteiger partial charge in [0.05, 0.1) is 35.1 Å². The number of hydrogen-bond acceptors (Lipinski definition) is 5. The molecule has 0 saturated carbocycles. The summed E-state index contributed by atoms with van der Waals surface area (Å²) in [6.45, 7) is 0. The number of carbonyl (C=O) groups is 2.